The van der Waals surface area contributed by atoms with Gasteiger partial charge in [0.25, 0.3) is 0 Å². The van der Waals surface area contributed by atoms with Gasteiger partial charge in [0.2, 0.25) is 10.0 Å². The maximum absolute atomic E-state index is 12.8. The molecule has 0 unspecified atom stereocenters. The molecule has 0 heterocycles. The van der Waals surface area contributed by atoms with Crippen LogP contribution in [0.2, 0.25) is 0 Å². The van der Waals surface area contributed by atoms with Crippen molar-refractivity contribution in [3.05, 3.63) is 77.4 Å². The molecule has 2 aromatic carbocycles. The molecule has 3 rings (SSSR count). The van der Waals surface area contributed by atoms with Crippen molar-refractivity contribution in [3.8, 4) is 0 Å². The van der Waals surface area contributed by atoms with Gasteiger partial charge in [-0.1, -0.05) is 59.7 Å². The minimum Gasteiger partial charge on any atom is -0.207 e. The Hall–Kier alpha value is -1.91. The van der Waals surface area contributed by atoms with Crippen LogP contribution in [0.3, 0.4) is 0 Å². The number of hydrogen-bond donors (Lipinski definition) is 1. The van der Waals surface area contributed by atoms with E-state index in [2.05, 4.69) is 10.8 Å². The highest BCUT2D eigenvalue weighted by atomic mass is 32.2. The van der Waals surface area contributed by atoms with Crippen molar-refractivity contribution in [3.63, 3.8) is 0 Å². The van der Waals surface area contributed by atoms with E-state index in [9.17, 15) is 8.42 Å². The molecule has 1 aliphatic rings. The molecular formula is C20H23NO2S. The van der Waals surface area contributed by atoms with Gasteiger partial charge < -0.3 is 0 Å². The Morgan fingerprint density at radius 2 is 1.67 bits per heavy atom. The summed E-state index contributed by atoms with van der Waals surface area (Å²) in [6.45, 7) is 1.95. The Labute approximate surface area is 144 Å². The van der Waals surface area contributed by atoms with Crippen LogP contribution in [-0.2, 0) is 10.0 Å². The summed E-state index contributed by atoms with van der Waals surface area (Å²) in [6, 6.07) is 16.5. The number of aryl methyl sites for hydroxylation is 1. The quantitative estimate of drug-likeness (QED) is 0.813. The molecule has 0 radical (unpaired) electrons. The Morgan fingerprint density at radius 3 is 2.29 bits per heavy atom. The van der Waals surface area contributed by atoms with E-state index < -0.39 is 10.0 Å². The highest BCUT2D eigenvalue weighted by Crippen LogP contribution is 2.31. The predicted octanol–water partition coefficient (Wildman–Crippen LogP) is 4.52. The second-order valence-electron chi connectivity index (χ2n) is 6.30. The van der Waals surface area contributed by atoms with Crippen LogP contribution in [-0.4, -0.2) is 8.42 Å². The van der Waals surface area contributed by atoms with Crippen LogP contribution in [0.4, 0.5) is 0 Å². The van der Waals surface area contributed by atoms with Gasteiger partial charge in [0.05, 0.1) is 10.9 Å². The summed E-state index contributed by atoms with van der Waals surface area (Å²) < 4.78 is 28.6. The van der Waals surface area contributed by atoms with Crippen LogP contribution in [0.25, 0.3) is 0 Å². The lowest BCUT2D eigenvalue weighted by Crippen LogP contribution is -2.30. The van der Waals surface area contributed by atoms with Crippen molar-refractivity contribution in [2.24, 2.45) is 0 Å². The zero-order chi connectivity index (χ0) is 17.0. The van der Waals surface area contributed by atoms with Crippen molar-refractivity contribution in [2.45, 2.75) is 43.5 Å². The third-order valence-electron chi connectivity index (χ3n) is 4.43. The maximum atomic E-state index is 12.8. The van der Waals surface area contributed by atoms with Crippen LogP contribution >= 0.6 is 0 Å². The summed E-state index contributed by atoms with van der Waals surface area (Å²) in [4.78, 5) is 0.311. The molecule has 0 aliphatic heterocycles. The fraction of sp³-hybridized carbons (Fsp3) is 0.300. The first-order valence-corrected chi connectivity index (χ1v) is 9.87. The fourth-order valence-corrected chi connectivity index (χ4v) is 4.30. The van der Waals surface area contributed by atoms with Crippen molar-refractivity contribution in [1.82, 2.24) is 4.72 Å². The van der Waals surface area contributed by atoms with Gasteiger partial charge in [0.15, 0.2) is 0 Å². The molecule has 126 valence electrons. The van der Waals surface area contributed by atoms with Gasteiger partial charge in [-0.15, -0.1) is 0 Å². The third kappa shape index (κ3) is 3.94. The summed E-state index contributed by atoms with van der Waals surface area (Å²) >= 11 is 0. The smallest absolute Gasteiger partial charge is 0.207 e. The summed E-state index contributed by atoms with van der Waals surface area (Å²) in [7, 11) is -3.56. The second kappa shape index (κ2) is 7.32. The average molecular weight is 341 g/mol. The molecule has 24 heavy (non-hydrogen) atoms. The highest BCUT2D eigenvalue weighted by molar-refractivity contribution is 7.89. The molecule has 0 fully saturated rings. The van der Waals surface area contributed by atoms with E-state index in [0.717, 1.165) is 30.4 Å². The summed E-state index contributed by atoms with van der Waals surface area (Å²) in [5.74, 6) is 0. The predicted molar refractivity (Wildman–Crippen MR) is 97.2 cm³/mol. The molecule has 4 heteroatoms. The Bertz CT molecular complexity index is 808. The van der Waals surface area contributed by atoms with Gasteiger partial charge in [0, 0.05) is 0 Å². The van der Waals surface area contributed by atoms with Crippen molar-refractivity contribution >= 4 is 10.0 Å². The van der Waals surface area contributed by atoms with E-state index in [-0.39, 0.29) is 6.04 Å². The van der Waals surface area contributed by atoms with Gasteiger partial charge in [-0.05, 0) is 50.3 Å². The summed E-state index contributed by atoms with van der Waals surface area (Å²) in [5.41, 5.74) is 3.20. The van der Waals surface area contributed by atoms with E-state index >= 15 is 0 Å². The van der Waals surface area contributed by atoms with E-state index in [1.54, 1.807) is 12.1 Å². The number of hydrogen-bond acceptors (Lipinski definition) is 2. The zero-order valence-corrected chi connectivity index (χ0v) is 14.7. The molecule has 1 N–H and O–H groups in total. The first-order chi connectivity index (χ1) is 11.6. The van der Waals surface area contributed by atoms with Gasteiger partial charge in [0.1, 0.15) is 0 Å². The molecule has 1 atom stereocenters. The average Bonchev–Trinajstić information content (AvgIpc) is 2.62. The summed E-state index contributed by atoms with van der Waals surface area (Å²) in [6.07, 6.45) is 6.44. The number of rotatable bonds is 5. The Morgan fingerprint density at radius 1 is 0.958 bits per heavy atom. The molecular weight excluding hydrogens is 318 g/mol. The van der Waals surface area contributed by atoms with Crippen LogP contribution in [0.1, 0.15) is 42.9 Å². The molecule has 0 aromatic heterocycles. The van der Waals surface area contributed by atoms with Crippen LogP contribution in [0.5, 0.6) is 0 Å². The lowest BCUT2D eigenvalue weighted by molar-refractivity contribution is 0.559. The molecule has 3 nitrogen and oxygen atoms in total. The number of nitrogens with one attached hydrogen (secondary N) is 1. The molecule has 0 saturated heterocycles. The van der Waals surface area contributed by atoms with Crippen molar-refractivity contribution in [1.29, 1.82) is 0 Å². The molecule has 0 saturated carbocycles. The van der Waals surface area contributed by atoms with E-state index in [1.807, 2.05) is 49.4 Å². The van der Waals surface area contributed by atoms with Crippen LogP contribution in [0.15, 0.2) is 71.1 Å². The van der Waals surface area contributed by atoms with Gasteiger partial charge in [-0.3, -0.25) is 0 Å². The minimum absolute atomic E-state index is 0.294. The standard InChI is InChI=1S/C20H23NO2S/c1-16-12-14-19(15-13-16)24(22,23)21-20(17-8-4-2-5-9-17)18-10-6-3-7-11-18/h2,4-5,8-10,12-15,20-21H,3,6-7,11H2,1H3/t20-/m0/s1. The highest BCUT2D eigenvalue weighted by Gasteiger charge is 2.24. The van der Waals surface area contributed by atoms with E-state index in [4.69, 9.17) is 0 Å². The molecule has 0 bridgehead atoms. The van der Waals surface area contributed by atoms with Crippen molar-refractivity contribution in [2.75, 3.05) is 0 Å². The molecule has 2 aromatic rings. The lowest BCUT2D eigenvalue weighted by Gasteiger charge is -2.25. The molecule has 0 amide bonds. The normalized spacial score (nSPS) is 16.5. The minimum atomic E-state index is -3.56. The monoisotopic (exact) mass is 341 g/mol. The molecule has 0 spiro atoms. The van der Waals surface area contributed by atoms with E-state index in [0.29, 0.717) is 4.90 Å². The van der Waals surface area contributed by atoms with Gasteiger partial charge in [-0.25, -0.2) is 8.42 Å². The Kier molecular flexibility index (Phi) is 5.17. The zero-order valence-electron chi connectivity index (χ0n) is 13.9. The van der Waals surface area contributed by atoms with Crippen molar-refractivity contribution < 1.29 is 8.42 Å². The fourth-order valence-electron chi connectivity index (χ4n) is 3.07. The first kappa shape index (κ1) is 16.9. The van der Waals surface area contributed by atoms with Crippen LogP contribution < -0.4 is 4.72 Å². The number of sulfonamides is 1. The topological polar surface area (TPSA) is 46.2 Å². The Balaban J connectivity index is 1.94. The van der Waals surface area contributed by atoms with Crippen LogP contribution in [0, 0.1) is 6.92 Å². The SMILES string of the molecule is Cc1ccc(S(=O)(=O)N[C@H](C2=CCCCC2)c2ccccc2)cc1. The number of allylic oxidation sites excluding steroid dienone is 1. The molecule has 1 aliphatic carbocycles. The third-order valence-corrected chi connectivity index (χ3v) is 5.87. The second-order valence-corrected chi connectivity index (χ2v) is 8.02. The lowest BCUT2D eigenvalue weighted by atomic mass is 9.90. The van der Waals surface area contributed by atoms with E-state index in [1.165, 1.54) is 12.0 Å². The maximum Gasteiger partial charge on any atom is 0.241 e. The van der Waals surface area contributed by atoms with Gasteiger partial charge in [-0.2, -0.15) is 4.72 Å². The first-order valence-electron chi connectivity index (χ1n) is 8.39. The van der Waals surface area contributed by atoms with Gasteiger partial charge >= 0.3 is 0 Å². The summed E-state index contributed by atoms with van der Waals surface area (Å²) in [5, 5.41) is 0. The largest absolute Gasteiger partial charge is 0.241 e. The number of benzene rings is 2.